The van der Waals surface area contributed by atoms with Crippen molar-refractivity contribution in [3.8, 4) is 0 Å². The maximum absolute atomic E-state index is 12.9. The second-order valence-electron chi connectivity index (χ2n) is 7.58. The number of benzene rings is 1. The Kier molecular flexibility index (Phi) is 5.70. The van der Waals surface area contributed by atoms with Gasteiger partial charge in [0.25, 0.3) is 10.0 Å². The Morgan fingerprint density at radius 1 is 1.19 bits per heavy atom. The SMILES string of the molecule is Cc1ccc(S(=O)(=O)n2ccc3nc(NNC(=O)[C@H]4CC[C@@H](OC(N)=O)C4)cnc32)cc1. The molecule has 12 heteroatoms. The van der Waals surface area contributed by atoms with Crippen LogP contribution in [-0.4, -0.2) is 40.5 Å². The third kappa shape index (κ3) is 4.35. The smallest absolute Gasteiger partial charge is 0.404 e. The van der Waals surface area contributed by atoms with Crippen LogP contribution in [-0.2, 0) is 19.6 Å². The Morgan fingerprint density at radius 3 is 2.66 bits per heavy atom. The van der Waals surface area contributed by atoms with E-state index in [-0.39, 0.29) is 34.3 Å². The summed E-state index contributed by atoms with van der Waals surface area (Å²) in [6.07, 6.45) is 3.02. The van der Waals surface area contributed by atoms with Gasteiger partial charge in [-0.05, 0) is 44.4 Å². The minimum absolute atomic E-state index is 0.145. The van der Waals surface area contributed by atoms with Gasteiger partial charge in [0, 0.05) is 12.1 Å². The fraction of sp³-hybridized carbons (Fsp3) is 0.300. The Hall–Kier alpha value is -3.67. The lowest BCUT2D eigenvalue weighted by atomic mass is 10.1. The van der Waals surface area contributed by atoms with E-state index >= 15 is 0 Å². The van der Waals surface area contributed by atoms with Crippen molar-refractivity contribution in [2.45, 2.75) is 37.2 Å². The lowest BCUT2D eigenvalue weighted by Gasteiger charge is -2.13. The molecule has 0 radical (unpaired) electrons. The summed E-state index contributed by atoms with van der Waals surface area (Å²) in [5, 5.41) is 0. The summed E-state index contributed by atoms with van der Waals surface area (Å²) in [5.74, 6) is -0.356. The topological polar surface area (TPSA) is 158 Å². The average Bonchev–Trinajstić information content (AvgIpc) is 3.39. The van der Waals surface area contributed by atoms with E-state index in [1.165, 1.54) is 30.6 Å². The number of nitrogens with one attached hydrogen (secondary N) is 2. The zero-order chi connectivity index (χ0) is 22.9. The Morgan fingerprint density at radius 2 is 1.94 bits per heavy atom. The van der Waals surface area contributed by atoms with Crippen LogP contribution in [0.5, 0.6) is 0 Å². The molecule has 3 aromatic rings. The number of hydrogen-bond acceptors (Lipinski definition) is 8. The van der Waals surface area contributed by atoms with Gasteiger partial charge in [-0.25, -0.2) is 27.2 Å². The number of primary amides is 1. The Labute approximate surface area is 184 Å². The molecule has 4 rings (SSSR count). The van der Waals surface area contributed by atoms with Crippen molar-refractivity contribution in [3.63, 3.8) is 0 Å². The number of nitrogens with two attached hydrogens (primary N) is 1. The largest absolute Gasteiger partial charge is 0.446 e. The van der Waals surface area contributed by atoms with Crippen molar-refractivity contribution in [3.05, 3.63) is 48.3 Å². The molecule has 2 heterocycles. The first kappa shape index (κ1) is 21.6. The van der Waals surface area contributed by atoms with Crippen molar-refractivity contribution in [1.29, 1.82) is 0 Å². The van der Waals surface area contributed by atoms with Crippen LogP contribution in [0.15, 0.2) is 47.6 Å². The van der Waals surface area contributed by atoms with Gasteiger partial charge in [-0.1, -0.05) is 17.7 Å². The molecular formula is C20H22N6O5S. The number of aryl methyl sites for hydroxylation is 1. The van der Waals surface area contributed by atoms with E-state index in [4.69, 9.17) is 10.5 Å². The highest BCUT2D eigenvalue weighted by Gasteiger charge is 2.32. The number of hydrazine groups is 1. The van der Waals surface area contributed by atoms with Crippen LogP contribution in [0.2, 0.25) is 0 Å². The maximum Gasteiger partial charge on any atom is 0.404 e. The van der Waals surface area contributed by atoms with Gasteiger partial charge in [0.2, 0.25) is 5.91 Å². The minimum Gasteiger partial charge on any atom is -0.446 e. The highest BCUT2D eigenvalue weighted by Crippen LogP contribution is 2.28. The summed E-state index contributed by atoms with van der Waals surface area (Å²) in [5.41, 5.74) is 11.7. The highest BCUT2D eigenvalue weighted by atomic mass is 32.2. The van der Waals surface area contributed by atoms with E-state index in [1.807, 2.05) is 6.92 Å². The quantitative estimate of drug-likeness (QED) is 0.471. The van der Waals surface area contributed by atoms with Gasteiger partial charge in [0.1, 0.15) is 11.6 Å². The number of carbonyl (C=O) groups excluding carboxylic acids is 2. The average molecular weight is 459 g/mol. The van der Waals surface area contributed by atoms with Crippen molar-refractivity contribution < 1.29 is 22.7 Å². The van der Waals surface area contributed by atoms with Crippen molar-refractivity contribution in [1.82, 2.24) is 19.4 Å². The molecule has 2 atom stereocenters. The molecule has 1 aromatic carbocycles. The van der Waals surface area contributed by atoms with Gasteiger partial charge in [-0.3, -0.25) is 15.6 Å². The van der Waals surface area contributed by atoms with E-state index in [9.17, 15) is 18.0 Å². The van der Waals surface area contributed by atoms with Crippen molar-refractivity contribution in [2.24, 2.45) is 11.7 Å². The number of ether oxygens (including phenoxy) is 1. The Balaban J connectivity index is 1.45. The van der Waals surface area contributed by atoms with E-state index < -0.39 is 16.1 Å². The predicted octanol–water partition coefficient (Wildman–Crippen LogP) is 1.68. The monoisotopic (exact) mass is 458 g/mol. The van der Waals surface area contributed by atoms with Crippen molar-refractivity contribution >= 4 is 39.0 Å². The molecule has 1 saturated carbocycles. The van der Waals surface area contributed by atoms with Gasteiger partial charge in [0.05, 0.1) is 11.1 Å². The maximum atomic E-state index is 12.9. The molecule has 1 aliphatic rings. The van der Waals surface area contributed by atoms with E-state index in [0.717, 1.165) is 9.54 Å². The number of anilines is 1. The van der Waals surface area contributed by atoms with Crippen LogP contribution in [0.4, 0.5) is 10.6 Å². The number of amides is 2. The van der Waals surface area contributed by atoms with E-state index in [2.05, 4.69) is 20.8 Å². The number of hydrogen-bond donors (Lipinski definition) is 3. The normalized spacial score (nSPS) is 18.4. The molecule has 168 valence electrons. The number of nitrogens with zero attached hydrogens (tertiary/aromatic N) is 3. The van der Waals surface area contributed by atoms with Crippen LogP contribution in [0.25, 0.3) is 11.2 Å². The molecule has 0 unspecified atom stereocenters. The molecule has 0 spiro atoms. The van der Waals surface area contributed by atoms with Crippen LogP contribution >= 0.6 is 0 Å². The van der Waals surface area contributed by atoms with Gasteiger partial charge < -0.3 is 10.5 Å². The van der Waals surface area contributed by atoms with Crippen molar-refractivity contribution in [2.75, 3.05) is 5.43 Å². The molecule has 0 aliphatic heterocycles. The number of fused-ring (bicyclic) bond motifs is 1. The first-order chi connectivity index (χ1) is 15.2. The van der Waals surface area contributed by atoms with Gasteiger partial charge >= 0.3 is 6.09 Å². The summed E-state index contributed by atoms with van der Waals surface area (Å²) >= 11 is 0. The summed E-state index contributed by atoms with van der Waals surface area (Å²) < 4.78 is 31.9. The zero-order valence-corrected chi connectivity index (χ0v) is 18.0. The third-order valence-corrected chi connectivity index (χ3v) is 6.97. The van der Waals surface area contributed by atoms with Crippen LogP contribution in [0.1, 0.15) is 24.8 Å². The standard InChI is InChI=1S/C20H22N6O5S/c1-12-2-6-15(7-3-12)32(29,30)26-9-8-16-18(26)22-11-17(23-16)24-25-19(27)13-4-5-14(10-13)31-20(21)28/h2-3,6-9,11,13-14H,4-5,10H2,1H3,(H2,21,28)(H,23,24)(H,25,27)/t13-,14+/m0/s1. The van der Waals surface area contributed by atoms with Crippen LogP contribution in [0, 0.1) is 12.8 Å². The second kappa shape index (κ2) is 8.46. The fourth-order valence-corrected chi connectivity index (χ4v) is 4.94. The van der Waals surface area contributed by atoms with Crippen LogP contribution in [0.3, 0.4) is 0 Å². The predicted molar refractivity (Wildman–Crippen MR) is 115 cm³/mol. The highest BCUT2D eigenvalue weighted by molar-refractivity contribution is 7.90. The molecule has 32 heavy (non-hydrogen) atoms. The Bertz CT molecular complexity index is 1270. The summed E-state index contributed by atoms with van der Waals surface area (Å²) in [6.45, 7) is 1.88. The molecule has 0 bridgehead atoms. The number of rotatable bonds is 6. The molecule has 1 aliphatic carbocycles. The molecular weight excluding hydrogens is 436 g/mol. The molecule has 11 nitrogen and oxygen atoms in total. The van der Waals surface area contributed by atoms with E-state index in [0.29, 0.717) is 24.8 Å². The lowest BCUT2D eigenvalue weighted by molar-refractivity contribution is -0.124. The number of carbonyl (C=O) groups is 2. The summed E-state index contributed by atoms with van der Waals surface area (Å²) in [4.78, 5) is 31.9. The summed E-state index contributed by atoms with van der Waals surface area (Å²) in [7, 11) is -3.82. The lowest BCUT2D eigenvalue weighted by Crippen LogP contribution is -2.35. The number of aromatic nitrogens is 3. The molecule has 2 amide bonds. The minimum atomic E-state index is -3.82. The molecule has 0 saturated heterocycles. The zero-order valence-electron chi connectivity index (χ0n) is 17.2. The van der Waals surface area contributed by atoms with Gasteiger partial charge in [-0.15, -0.1) is 0 Å². The van der Waals surface area contributed by atoms with E-state index in [1.54, 1.807) is 12.1 Å². The summed E-state index contributed by atoms with van der Waals surface area (Å²) in [6, 6.07) is 8.06. The molecule has 2 aromatic heterocycles. The van der Waals surface area contributed by atoms with Gasteiger partial charge in [-0.2, -0.15) is 0 Å². The molecule has 4 N–H and O–H groups in total. The third-order valence-electron chi connectivity index (χ3n) is 5.29. The van der Waals surface area contributed by atoms with Gasteiger partial charge in [0.15, 0.2) is 11.5 Å². The second-order valence-corrected chi connectivity index (χ2v) is 9.39. The first-order valence-electron chi connectivity index (χ1n) is 9.92. The molecule has 1 fully saturated rings. The first-order valence-corrected chi connectivity index (χ1v) is 11.4. The fourth-order valence-electron chi connectivity index (χ4n) is 3.64. The van der Waals surface area contributed by atoms with Crippen LogP contribution < -0.4 is 16.6 Å².